The van der Waals surface area contributed by atoms with Crippen LogP contribution in [0, 0.1) is 0 Å². The number of carbonyl (C=O) groups is 1. The molecule has 1 aliphatic rings. The first-order valence-electron chi connectivity index (χ1n) is 11.6. The Hall–Kier alpha value is -3.63. The summed E-state index contributed by atoms with van der Waals surface area (Å²) in [5.41, 5.74) is 2.65. The Morgan fingerprint density at radius 2 is 1.74 bits per heavy atom. The number of hydrogen-bond acceptors (Lipinski definition) is 7. The summed E-state index contributed by atoms with van der Waals surface area (Å²) in [6.07, 6.45) is 0. The van der Waals surface area contributed by atoms with Crippen LogP contribution in [0.25, 0.3) is 16.9 Å². The van der Waals surface area contributed by atoms with Crippen molar-refractivity contribution < 1.29 is 9.53 Å². The topological polar surface area (TPSA) is 90.1 Å². The number of rotatable bonds is 8. The van der Waals surface area contributed by atoms with Crippen LogP contribution in [0.3, 0.4) is 0 Å². The number of anilines is 2. The summed E-state index contributed by atoms with van der Waals surface area (Å²) in [4.78, 5) is 15.1. The number of hydrogen-bond donors (Lipinski definition) is 1. The van der Waals surface area contributed by atoms with E-state index in [4.69, 9.17) is 9.84 Å². The number of carbonyl (C=O) groups excluding carboxylic acids is 1. The normalized spacial score (nSPS) is 13.7. The van der Waals surface area contributed by atoms with Gasteiger partial charge in [-0.15, -0.1) is 10.2 Å². The van der Waals surface area contributed by atoms with Crippen molar-refractivity contribution in [1.82, 2.24) is 24.5 Å². The van der Waals surface area contributed by atoms with Crippen molar-refractivity contribution in [2.75, 3.05) is 42.3 Å². The first-order chi connectivity index (χ1) is 17.2. The minimum Gasteiger partial charge on any atom is -0.378 e. The third-order valence-electron chi connectivity index (χ3n) is 5.69. The Kier molecular flexibility index (Phi) is 7.10. The highest BCUT2D eigenvalue weighted by atomic mass is 32.2. The lowest BCUT2D eigenvalue weighted by Gasteiger charge is -2.27. The lowest BCUT2D eigenvalue weighted by Crippen LogP contribution is -2.38. The van der Waals surface area contributed by atoms with Crippen LogP contribution >= 0.6 is 11.8 Å². The van der Waals surface area contributed by atoms with Gasteiger partial charge in [-0.05, 0) is 19.1 Å². The summed E-state index contributed by atoms with van der Waals surface area (Å²) in [5, 5.41) is 17.2. The molecule has 2 aromatic carbocycles. The average molecular weight is 490 g/mol. The molecule has 1 saturated heterocycles. The van der Waals surface area contributed by atoms with Gasteiger partial charge in [-0.25, -0.2) is 4.68 Å². The quantitative estimate of drug-likeness (QED) is 0.377. The summed E-state index contributed by atoms with van der Waals surface area (Å²) in [6.45, 7) is 5.72. The van der Waals surface area contributed by atoms with E-state index in [1.165, 1.54) is 11.8 Å². The molecule has 1 amide bonds. The van der Waals surface area contributed by atoms with Crippen molar-refractivity contribution >= 4 is 29.4 Å². The van der Waals surface area contributed by atoms with E-state index in [2.05, 4.69) is 27.3 Å². The molecular formula is C25H27N7O2S. The summed E-state index contributed by atoms with van der Waals surface area (Å²) in [6, 6.07) is 21.6. The molecule has 3 heterocycles. The van der Waals surface area contributed by atoms with Crippen molar-refractivity contribution in [1.29, 1.82) is 0 Å². The molecule has 10 heteroatoms. The number of thioether (sulfide) groups is 1. The fraction of sp³-hybridized carbons (Fsp3) is 0.280. The number of aromatic nitrogens is 5. The molecule has 0 bridgehead atoms. The summed E-state index contributed by atoms with van der Waals surface area (Å²) < 4.78 is 9.25. The van der Waals surface area contributed by atoms with Crippen LogP contribution in [-0.2, 0) is 16.1 Å². The molecule has 0 radical (unpaired) electrons. The fourth-order valence-electron chi connectivity index (χ4n) is 3.96. The van der Waals surface area contributed by atoms with E-state index in [1.807, 2.05) is 71.3 Å². The number of ether oxygens (including phenoxy) is 1. The molecule has 0 atom stereocenters. The molecule has 0 unspecified atom stereocenters. The second-order valence-corrected chi connectivity index (χ2v) is 8.93. The molecule has 35 heavy (non-hydrogen) atoms. The molecule has 2 aromatic heterocycles. The number of para-hydroxylation sites is 1. The predicted octanol–water partition coefficient (Wildman–Crippen LogP) is 3.72. The minimum atomic E-state index is -0.134. The maximum atomic E-state index is 13.0. The van der Waals surface area contributed by atoms with Gasteiger partial charge in [0.05, 0.1) is 30.3 Å². The maximum absolute atomic E-state index is 13.0. The minimum absolute atomic E-state index is 0.134. The largest absolute Gasteiger partial charge is 0.378 e. The van der Waals surface area contributed by atoms with E-state index in [9.17, 15) is 4.79 Å². The molecule has 9 nitrogen and oxygen atoms in total. The monoisotopic (exact) mass is 489 g/mol. The van der Waals surface area contributed by atoms with Crippen LogP contribution in [0.4, 0.5) is 11.8 Å². The van der Waals surface area contributed by atoms with Crippen molar-refractivity contribution in [2.24, 2.45) is 0 Å². The van der Waals surface area contributed by atoms with Crippen LogP contribution in [0.5, 0.6) is 0 Å². The number of nitrogens with one attached hydrogen (secondary N) is 1. The maximum Gasteiger partial charge on any atom is 0.236 e. The van der Waals surface area contributed by atoms with Gasteiger partial charge in [0.15, 0.2) is 5.16 Å². The lowest BCUT2D eigenvalue weighted by atomic mass is 10.2. The Morgan fingerprint density at radius 1 is 1.03 bits per heavy atom. The van der Waals surface area contributed by atoms with Crippen LogP contribution in [0.2, 0.25) is 0 Å². The van der Waals surface area contributed by atoms with E-state index in [1.54, 1.807) is 4.68 Å². The SMILES string of the molecule is CCn1c(SCC(=O)Nc2cc(-c3ccccc3)nn2-c2ccccc2)nnc1N1CCOCC1. The van der Waals surface area contributed by atoms with E-state index in [0.29, 0.717) is 19.0 Å². The number of morpholine rings is 1. The first kappa shape index (κ1) is 23.1. The van der Waals surface area contributed by atoms with Gasteiger partial charge in [-0.1, -0.05) is 60.3 Å². The molecule has 4 aromatic rings. The van der Waals surface area contributed by atoms with E-state index in [0.717, 1.165) is 47.7 Å². The molecule has 0 spiro atoms. The van der Waals surface area contributed by atoms with Gasteiger partial charge in [-0.3, -0.25) is 9.36 Å². The number of benzene rings is 2. The van der Waals surface area contributed by atoms with Crippen molar-refractivity contribution in [3.8, 4) is 16.9 Å². The molecule has 1 N–H and O–H groups in total. The van der Waals surface area contributed by atoms with Gasteiger partial charge >= 0.3 is 0 Å². The number of amides is 1. The van der Waals surface area contributed by atoms with Crippen molar-refractivity contribution in [3.05, 3.63) is 66.7 Å². The van der Waals surface area contributed by atoms with Crippen molar-refractivity contribution in [3.63, 3.8) is 0 Å². The highest BCUT2D eigenvalue weighted by Gasteiger charge is 2.21. The second-order valence-electron chi connectivity index (χ2n) is 7.99. The van der Waals surface area contributed by atoms with Gasteiger partial charge in [0.1, 0.15) is 5.82 Å². The summed E-state index contributed by atoms with van der Waals surface area (Å²) in [7, 11) is 0. The first-order valence-corrected chi connectivity index (χ1v) is 12.6. The zero-order valence-electron chi connectivity index (χ0n) is 19.5. The molecule has 5 rings (SSSR count). The number of nitrogens with zero attached hydrogens (tertiary/aromatic N) is 6. The van der Waals surface area contributed by atoms with Gasteiger partial charge in [0.25, 0.3) is 0 Å². The van der Waals surface area contributed by atoms with E-state index < -0.39 is 0 Å². The molecule has 1 aliphatic heterocycles. The van der Waals surface area contributed by atoms with Crippen LogP contribution in [0.15, 0.2) is 71.9 Å². The average Bonchev–Trinajstić information content (AvgIpc) is 3.53. The summed E-state index contributed by atoms with van der Waals surface area (Å²) in [5.74, 6) is 1.52. The predicted molar refractivity (Wildman–Crippen MR) is 137 cm³/mol. The Labute approximate surface area is 208 Å². The van der Waals surface area contributed by atoms with Gasteiger partial charge in [0, 0.05) is 31.3 Å². The molecule has 180 valence electrons. The van der Waals surface area contributed by atoms with E-state index in [-0.39, 0.29) is 11.7 Å². The molecule has 0 aliphatic carbocycles. The Morgan fingerprint density at radius 3 is 2.46 bits per heavy atom. The fourth-order valence-corrected chi connectivity index (χ4v) is 4.75. The highest BCUT2D eigenvalue weighted by Crippen LogP contribution is 2.26. The third-order valence-corrected chi connectivity index (χ3v) is 6.65. The zero-order valence-corrected chi connectivity index (χ0v) is 20.3. The third kappa shape index (κ3) is 5.23. The smallest absolute Gasteiger partial charge is 0.236 e. The summed E-state index contributed by atoms with van der Waals surface area (Å²) >= 11 is 1.38. The van der Waals surface area contributed by atoms with Crippen molar-refractivity contribution in [2.45, 2.75) is 18.6 Å². The highest BCUT2D eigenvalue weighted by molar-refractivity contribution is 7.99. The van der Waals surface area contributed by atoms with Crippen LogP contribution in [0.1, 0.15) is 6.92 Å². The van der Waals surface area contributed by atoms with Gasteiger partial charge in [0.2, 0.25) is 11.9 Å². The van der Waals surface area contributed by atoms with Gasteiger partial charge < -0.3 is 15.0 Å². The van der Waals surface area contributed by atoms with Crippen LogP contribution < -0.4 is 10.2 Å². The van der Waals surface area contributed by atoms with Gasteiger partial charge in [-0.2, -0.15) is 5.10 Å². The Balaban J connectivity index is 1.32. The molecule has 0 saturated carbocycles. The van der Waals surface area contributed by atoms with Crippen LogP contribution in [-0.4, -0.2) is 62.5 Å². The molecule has 1 fully saturated rings. The second kappa shape index (κ2) is 10.7. The lowest BCUT2D eigenvalue weighted by molar-refractivity contribution is -0.113. The standard InChI is InChI=1S/C25H27N7O2S/c1-2-31-24(30-13-15-34-16-14-30)27-28-25(31)35-18-23(33)26-22-17-21(19-9-5-3-6-10-19)29-32(22)20-11-7-4-8-12-20/h3-12,17H,2,13-16,18H2,1H3,(H,26,33). The van der Waals surface area contributed by atoms with E-state index >= 15 is 0 Å². The Bertz CT molecular complexity index is 1270. The molecular weight excluding hydrogens is 462 g/mol. The zero-order chi connectivity index (χ0) is 24.0.